The number of carbonyl (C=O) groups excluding carboxylic acids is 1. The number of aliphatic hydroxyl groups is 5. The number of aliphatic hydroxyl groups excluding tert-OH is 5. The maximum absolute atomic E-state index is 13.2. The molecule has 246 valence electrons. The Morgan fingerprint density at radius 2 is 1.63 bits per heavy atom. The standard InChI is InChI=1S/C29H34N6O10S/c1-35(11-22(38)26(42)27(43)23(39)12-36)24(40)8-13-6-17(16-10-15(46(32,44)45)3-5-21(16)37)25(41)18(7-13)29-33-19-4-2-14(28(30)31)9-20(19)34-29/h2-7,9-10,22-23,26-27,36-39,41-43H,8,11-12H2,1H3,(H3,30,31)(H,33,34)(H2,32,44,45). The van der Waals surface area contributed by atoms with E-state index < -0.39 is 65.0 Å². The Balaban J connectivity index is 1.77. The second-order valence-corrected chi connectivity index (χ2v) is 12.3. The van der Waals surface area contributed by atoms with Crippen molar-refractivity contribution in [3.05, 3.63) is 59.7 Å². The molecular formula is C29H34N6O10S. The summed E-state index contributed by atoms with van der Waals surface area (Å²) < 4.78 is 24.1. The quantitative estimate of drug-likeness (QED) is 0.0624. The van der Waals surface area contributed by atoms with E-state index in [2.05, 4.69) is 9.97 Å². The molecule has 4 atom stereocenters. The molecule has 3 aromatic carbocycles. The third-order valence-electron chi connectivity index (χ3n) is 7.37. The lowest BCUT2D eigenvalue weighted by molar-refractivity contribution is -0.137. The summed E-state index contributed by atoms with van der Waals surface area (Å²) in [5, 5.41) is 84.0. The van der Waals surface area contributed by atoms with Gasteiger partial charge in [-0.2, -0.15) is 0 Å². The van der Waals surface area contributed by atoms with Gasteiger partial charge < -0.3 is 51.4 Å². The van der Waals surface area contributed by atoms with Crippen LogP contribution in [0.25, 0.3) is 33.5 Å². The zero-order valence-electron chi connectivity index (χ0n) is 24.4. The molecule has 0 fully saturated rings. The van der Waals surface area contributed by atoms with E-state index in [1.807, 2.05) is 0 Å². The van der Waals surface area contributed by atoms with E-state index in [0.717, 1.165) is 23.1 Å². The predicted octanol–water partition coefficient (Wildman–Crippen LogP) is -1.32. The number of imidazole rings is 1. The minimum absolute atomic E-state index is 0.0560. The molecule has 16 nitrogen and oxygen atoms in total. The van der Waals surface area contributed by atoms with E-state index in [1.165, 1.54) is 19.2 Å². The highest BCUT2D eigenvalue weighted by atomic mass is 32.2. The zero-order valence-corrected chi connectivity index (χ0v) is 25.2. The topological polar surface area (TPSA) is 301 Å². The van der Waals surface area contributed by atoms with E-state index >= 15 is 0 Å². The lowest BCUT2D eigenvalue weighted by Gasteiger charge is -2.28. The molecule has 0 aliphatic heterocycles. The van der Waals surface area contributed by atoms with Gasteiger partial charge in [0, 0.05) is 30.3 Å². The summed E-state index contributed by atoms with van der Waals surface area (Å²) in [6.07, 6.45) is -7.58. The van der Waals surface area contributed by atoms with Gasteiger partial charge in [0.05, 0.1) is 34.5 Å². The molecule has 1 aromatic heterocycles. The lowest BCUT2D eigenvalue weighted by atomic mass is 9.95. The fraction of sp³-hybridized carbons (Fsp3) is 0.276. The predicted molar refractivity (Wildman–Crippen MR) is 165 cm³/mol. The van der Waals surface area contributed by atoms with Gasteiger partial charge in [-0.25, -0.2) is 18.5 Å². The summed E-state index contributed by atoms with van der Waals surface area (Å²) in [5.41, 5.74) is 7.00. The first-order chi connectivity index (χ1) is 21.5. The van der Waals surface area contributed by atoms with Crippen molar-refractivity contribution >= 4 is 32.8 Å². The first-order valence-corrected chi connectivity index (χ1v) is 15.2. The fourth-order valence-electron chi connectivity index (χ4n) is 4.75. The van der Waals surface area contributed by atoms with Gasteiger partial charge in [0.15, 0.2) is 0 Å². The molecule has 0 saturated carbocycles. The van der Waals surface area contributed by atoms with Crippen LogP contribution in [0.4, 0.5) is 0 Å². The van der Waals surface area contributed by atoms with Crippen LogP contribution < -0.4 is 10.9 Å². The van der Waals surface area contributed by atoms with Gasteiger partial charge in [-0.1, -0.05) is 0 Å². The number of H-pyrrole nitrogens is 1. The average Bonchev–Trinajstić information content (AvgIpc) is 3.43. The molecule has 0 bridgehead atoms. The molecule has 1 heterocycles. The van der Waals surface area contributed by atoms with Gasteiger partial charge in [0.25, 0.3) is 0 Å². The number of sulfonamides is 1. The Morgan fingerprint density at radius 3 is 2.26 bits per heavy atom. The number of benzene rings is 3. The third kappa shape index (κ3) is 7.26. The van der Waals surface area contributed by atoms with Gasteiger partial charge in [-0.05, 0) is 54.1 Å². The number of aromatic amines is 1. The SMILES string of the molecule is CN(CC(O)C(O)C(O)C(O)CO)C(=O)Cc1cc(-c2nc3cc(C(=N)N)ccc3[nH]2)c(O)c(-c2cc(S(N)(=O)=O)ccc2O)c1. The maximum Gasteiger partial charge on any atom is 0.238 e. The molecule has 17 heteroatoms. The van der Waals surface area contributed by atoms with Gasteiger partial charge in [-0.15, -0.1) is 0 Å². The molecule has 0 radical (unpaired) electrons. The van der Waals surface area contributed by atoms with Gasteiger partial charge in [0.2, 0.25) is 15.9 Å². The minimum Gasteiger partial charge on any atom is -0.507 e. The number of phenolic OH excluding ortho intramolecular Hbond substituents is 2. The smallest absolute Gasteiger partial charge is 0.238 e. The molecular weight excluding hydrogens is 624 g/mol. The van der Waals surface area contributed by atoms with E-state index in [0.29, 0.717) is 16.6 Å². The Morgan fingerprint density at radius 1 is 0.978 bits per heavy atom. The number of hydrogen-bond acceptors (Lipinski definition) is 12. The number of phenols is 2. The highest BCUT2D eigenvalue weighted by molar-refractivity contribution is 7.89. The van der Waals surface area contributed by atoms with Crippen LogP contribution in [0, 0.1) is 5.41 Å². The number of nitrogens with one attached hydrogen (secondary N) is 2. The Bertz CT molecular complexity index is 1900. The normalized spacial score (nSPS) is 14.5. The summed E-state index contributed by atoms with van der Waals surface area (Å²) in [6, 6.07) is 10.8. The molecule has 0 saturated heterocycles. The molecule has 4 unspecified atom stereocenters. The number of hydrogen-bond donors (Lipinski definition) is 11. The summed E-state index contributed by atoms with van der Waals surface area (Å²) in [7, 11) is -2.91. The molecule has 0 spiro atoms. The second-order valence-electron chi connectivity index (χ2n) is 10.7. The molecule has 0 aliphatic carbocycles. The van der Waals surface area contributed by atoms with Gasteiger partial charge in [0.1, 0.15) is 47.6 Å². The lowest BCUT2D eigenvalue weighted by Crippen LogP contribution is -2.50. The van der Waals surface area contributed by atoms with Crippen LogP contribution in [0.5, 0.6) is 11.5 Å². The first-order valence-electron chi connectivity index (χ1n) is 13.7. The van der Waals surface area contributed by atoms with Crippen molar-refractivity contribution in [2.24, 2.45) is 10.9 Å². The first kappa shape index (κ1) is 34.3. The number of amidine groups is 1. The molecule has 4 rings (SSSR count). The van der Waals surface area contributed by atoms with Crippen LogP contribution in [0.2, 0.25) is 0 Å². The van der Waals surface area contributed by atoms with Crippen LogP contribution in [0.15, 0.2) is 53.4 Å². The van der Waals surface area contributed by atoms with Crippen molar-refractivity contribution in [2.75, 3.05) is 20.2 Å². The van der Waals surface area contributed by atoms with E-state index in [-0.39, 0.29) is 45.2 Å². The zero-order chi connectivity index (χ0) is 34.1. The number of nitrogens with two attached hydrogens (primary N) is 2. The van der Waals surface area contributed by atoms with E-state index in [4.69, 9.17) is 21.4 Å². The number of nitrogens with zero attached hydrogens (tertiary/aromatic N) is 2. The van der Waals surface area contributed by atoms with Crippen molar-refractivity contribution in [2.45, 2.75) is 35.7 Å². The summed E-state index contributed by atoms with van der Waals surface area (Å²) in [6.45, 7) is -1.35. The summed E-state index contributed by atoms with van der Waals surface area (Å²) in [5.74, 6) is -1.53. The van der Waals surface area contributed by atoms with Crippen molar-refractivity contribution in [1.82, 2.24) is 14.9 Å². The Hall–Kier alpha value is -4.62. The van der Waals surface area contributed by atoms with Crippen LogP contribution in [0.1, 0.15) is 11.1 Å². The third-order valence-corrected chi connectivity index (χ3v) is 8.28. The van der Waals surface area contributed by atoms with Crippen LogP contribution in [-0.2, 0) is 21.2 Å². The number of aromatic hydroxyl groups is 2. The largest absolute Gasteiger partial charge is 0.507 e. The summed E-state index contributed by atoms with van der Waals surface area (Å²) in [4.78, 5) is 21.4. The molecule has 0 aliphatic rings. The minimum atomic E-state index is -4.22. The maximum atomic E-state index is 13.2. The Labute approximate surface area is 262 Å². The second kappa shape index (κ2) is 13.4. The van der Waals surface area contributed by atoms with Crippen LogP contribution >= 0.6 is 0 Å². The number of likely N-dealkylation sites (N-methyl/N-ethyl adjacent to an activating group) is 1. The molecule has 1 amide bonds. The molecule has 13 N–H and O–H groups in total. The number of nitrogen functional groups attached to an aromatic ring is 1. The Kier molecular flexibility index (Phi) is 9.97. The molecule has 46 heavy (non-hydrogen) atoms. The monoisotopic (exact) mass is 658 g/mol. The van der Waals surface area contributed by atoms with Crippen molar-refractivity contribution in [3.63, 3.8) is 0 Å². The van der Waals surface area contributed by atoms with E-state index in [9.17, 15) is 43.9 Å². The summed E-state index contributed by atoms with van der Waals surface area (Å²) >= 11 is 0. The van der Waals surface area contributed by atoms with Crippen LogP contribution in [-0.4, -0.2) is 115 Å². The number of amides is 1. The average molecular weight is 659 g/mol. The van der Waals surface area contributed by atoms with Crippen molar-refractivity contribution < 1.29 is 49.0 Å². The van der Waals surface area contributed by atoms with Crippen molar-refractivity contribution in [1.29, 1.82) is 5.41 Å². The van der Waals surface area contributed by atoms with E-state index in [1.54, 1.807) is 18.2 Å². The number of fused-ring (bicyclic) bond motifs is 1. The number of rotatable bonds is 12. The highest BCUT2D eigenvalue weighted by Gasteiger charge is 2.31. The van der Waals surface area contributed by atoms with Gasteiger partial charge in [-0.3, -0.25) is 10.2 Å². The highest BCUT2D eigenvalue weighted by Crippen LogP contribution is 2.43. The number of carbonyl (C=O) groups is 1. The van der Waals surface area contributed by atoms with Crippen LogP contribution in [0.3, 0.4) is 0 Å². The number of aromatic nitrogens is 2. The fourth-order valence-corrected chi connectivity index (χ4v) is 5.29. The van der Waals surface area contributed by atoms with Gasteiger partial charge >= 0.3 is 0 Å². The number of primary sulfonamides is 1. The van der Waals surface area contributed by atoms with Crippen molar-refractivity contribution in [3.8, 4) is 34.0 Å². The molecule has 4 aromatic rings.